The van der Waals surface area contributed by atoms with Crippen LogP contribution in [0.15, 0.2) is 36.4 Å². The summed E-state index contributed by atoms with van der Waals surface area (Å²) in [6.45, 7) is 3.96. The molecule has 0 spiro atoms. The van der Waals surface area contributed by atoms with Crippen molar-refractivity contribution < 1.29 is 9.90 Å². The topological polar surface area (TPSA) is 67.2 Å². The van der Waals surface area contributed by atoms with E-state index in [9.17, 15) is 9.90 Å². The number of amides is 1. The van der Waals surface area contributed by atoms with E-state index in [0.717, 1.165) is 48.3 Å². The zero-order valence-corrected chi connectivity index (χ0v) is 14.8. The van der Waals surface area contributed by atoms with Crippen LogP contribution in [0.2, 0.25) is 0 Å². The fourth-order valence-corrected chi connectivity index (χ4v) is 3.35. The molecule has 1 saturated carbocycles. The lowest BCUT2D eigenvalue weighted by atomic mass is 9.93. The maximum Gasteiger partial charge on any atom is 0.244 e. The molecule has 0 radical (unpaired) electrons. The molecule has 0 atom stereocenters. The highest BCUT2D eigenvalue weighted by Crippen LogP contribution is 2.20. The van der Waals surface area contributed by atoms with Crippen LogP contribution in [0.5, 0.6) is 0 Å². The minimum absolute atomic E-state index is 0.0901. The van der Waals surface area contributed by atoms with E-state index in [-0.39, 0.29) is 18.1 Å². The van der Waals surface area contributed by atoms with Crippen molar-refractivity contribution in [2.45, 2.75) is 51.7 Å². The third-order valence-corrected chi connectivity index (χ3v) is 4.79. The van der Waals surface area contributed by atoms with Gasteiger partial charge >= 0.3 is 0 Å². The number of benzene rings is 1. The van der Waals surface area contributed by atoms with Crippen LogP contribution in [0.4, 0.5) is 0 Å². The Morgan fingerprint density at radius 3 is 2.56 bits per heavy atom. The molecule has 25 heavy (non-hydrogen) atoms. The first-order valence-electron chi connectivity index (χ1n) is 8.83. The van der Waals surface area contributed by atoms with Crippen LogP contribution >= 0.6 is 0 Å². The maximum atomic E-state index is 12.2. The van der Waals surface area contributed by atoms with Crippen LogP contribution < -0.4 is 5.32 Å². The maximum absolute atomic E-state index is 12.2. The molecule has 1 aromatic heterocycles. The summed E-state index contributed by atoms with van der Waals surface area (Å²) in [5, 5.41) is 17.1. The highest BCUT2D eigenvalue weighted by molar-refractivity contribution is 5.92. The van der Waals surface area contributed by atoms with Gasteiger partial charge in [0.25, 0.3) is 0 Å². The summed E-state index contributed by atoms with van der Waals surface area (Å²) in [5.74, 6) is -0.0901. The van der Waals surface area contributed by atoms with Crippen LogP contribution in [0.3, 0.4) is 0 Å². The van der Waals surface area contributed by atoms with Gasteiger partial charge in [-0.1, -0.05) is 18.2 Å². The summed E-state index contributed by atoms with van der Waals surface area (Å²) in [5.41, 5.74) is 3.88. The summed E-state index contributed by atoms with van der Waals surface area (Å²) in [6.07, 6.45) is 6.41. The van der Waals surface area contributed by atoms with Gasteiger partial charge in [0.05, 0.1) is 17.5 Å². The van der Waals surface area contributed by atoms with E-state index >= 15 is 0 Å². The Morgan fingerprint density at radius 1 is 1.20 bits per heavy atom. The molecular weight excluding hydrogens is 314 g/mol. The summed E-state index contributed by atoms with van der Waals surface area (Å²) in [6, 6.07) is 10.1. The number of aliphatic hydroxyl groups is 1. The van der Waals surface area contributed by atoms with E-state index < -0.39 is 0 Å². The molecule has 5 nitrogen and oxygen atoms in total. The van der Waals surface area contributed by atoms with Crippen LogP contribution in [0.1, 0.15) is 42.6 Å². The minimum atomic E-state index is -0.210. The van der Waals surface area contributed by atoms with E-state index in [1.807, 2.05) is 54.9 Å². The molecule has 5 heteroatoms. The fraction of sp³-hybridized carbons (Fsp3) is 0.400. The number of aromatic nitrogens is 2. The van der Waals surface area contributed by atoms with Crippen molar-refractivity contribution in [2.75, 3.05) is 0 Å². The second-order valence-electron chi connectivity index (χ2n) is 6.68. The van der Waals surface area contributed by atoms with Gasteiger partial charge in [-0.15, -0.1) is 0 Å². The predicted molar refractivity (Wildman–Crippen MR) is 98.5 cm³/mol. The van der Waals surface area contributed by atoms with Crippen molar-refractivity contribution in [1.29, 1.82) is 0 Å². The molecule has 0 bridgehead atoms. The van der Waals surface area contributed by atoms with Crippen molar-refractivity contribution in [3.8, 4) is 5.69 Å². The van der Waals surface area contributed by atoms with E-state index in [1.54, 1.807) is 6.08 Å². The summed E-state index contributed by atoms with van der Waals surface area (Å²) < 4.78 is 1.90. The van der Waals surface area contributed by atoms with E-state index in [4.69, 9.17) is 0 Å². The van der Waals surface area contributed by atoms with Gasteiger partial charge < -0.3 is 10.4 Å². The number of hydrogen-bond donors (Lipinski definition) is 2. The van der Waals surface area contributed by atoms with Crippen molar-refractivity contribution >= 4 is 12.0 Å². The number of hydrogen-bond acceptors (Lipinski definition) is 3. The Kier molecular flexibility index (Phi) is 5.34. The molecule has 1 heterocycles. The molecule has 2 N–H and O–H groups in total. The van der Waals surface area contributed by atoms with Crippen LogP contribution in [-0.4, -0.2) is 32.9 Å². The Morgan fingerprint density at radius 2 is 1.88 bits per heavy atom. The van der Waals surface area contributed by atoms with Gasteiger partial charge in [0.2, 0.25) is 5.91 Å². The smallest absolute Gasteiger partial charge is 0.244 e. The van der Waals surface area contributed by atoms with E-state index in [0.29, 0.717) is 0 Å². The number of nitrogens with zero attached hydrogens (tertiary/aromatic N) is 2. The van der Waals surface area contributed by atoms with Crippen molar-refractivity contribution in [1.82, 2.24) is 15.1 Å². The molecule has 132 valence electrons. The Labute approximate surface area is 148 Å². The van der Waals surface area contributed by atoms with Gasteiger partial charge in [-0.05, 0) is 57.7 Å². The van der Waals surface area contributed by atoms with Crippen LogP contribution in [0.25, 0.3) is 11.8 Å². The van der Waals surface area contributed by atoms with Gasteiger partial charge in [0, 0.05) is 23.4 Å². The molecule has 0 unspecified atom stereocenters. The van der Waals surface area contributed by atoms with Crippen molar-refractivity contribution in [3.63, 3.8) is 0 Å². The lowest BCUT2D eigenvalue weighted by molar-refractivity contribution is -0.117. The number of aryl methyl sites for hydroxylation is 1. The summed E-state index contributed by atoms with van der Waals surface area (Å²) in [4.78, 5) is 12.2. The van der Waals surface area contributed by atoms with Gasteiger partial charge in [0.1, 0.15) is 0 Å². The third-order valence-electron chi connectivity index (χ3n) is 4.79. The number of aliphatic hydroxyl groups excluding tert-OH is 1. The van der Waals surface area contributed by atoms with E-state index in [1.165, 1.54) is 0 Å². The zero-order chi connectivity index (χ0) is 17.8. The van der Waals surface area contributed by atoms with Crippen LogP contribution in [0, 0.1) is 13.8 Å². The highest BCUT2D eigenvalue weighted by Gasteiger charge is 2.20. The second-order valence-corrected chi connectivity index (χ2v) is 6.68. The van der Waals surface area contributed by atoms with E-state index in [2.05, 4.69) is 10.4 Å². The Hall–Kier alpha value is -2.40. The Balaban J connectivity index is 1.69. The first-order valence-corrected chi connectivity index (χ1v) is 8.83. The molecule has 1 amide bonds. The predicted octanol–water partition coefficient (Wildman–Crippen LogP) is 2.92. The van der Waals surface area contributed by atoms with Gasteiger partial charge in [0.15, 0.2) is 0 Å². The molecule has 2 aromatic rings. The minimum Gasteiger partial charge on any atom is -0.393 e. The Bertz CT molecular complexity index is 757. The average Bonchev–Trinajstić information content (AvgIpc) is 2.90. The lowest BCUT2D eigenvalue weighted by Gasteiger charge is -2.25. The van der Waals surface area contributed by atoms with Crippen LogP contribution in [-0.2, 0) is 4.79 Å². The summed E-state index contributed by atoms with van der Waals surface area (Å²) >= 11 is 0. The first kappa shape index (κ1) is 17.4. The first-order chi connectivity index (χ1) is 12.0. The number of carbonyl (C=O) groups excluding carboxylic acids is 1. The molecule has 3 rings (SSSR count). The molecule has 0 saturated heterocycles. The van der Waals surface area contributed by atoms with Gasteiger partial charge in [-0.25, -0.2) is 4.68 Å². The zero-order valence-electron chi connectivity index (χ0n) is 14.8. The number of rotatable bonds is 4. The van der Waals surface area contributed by atoms with Gasteiger partial charge in [-0.3, -0.25) is 4.79 Å². The number of carbonyl (C=O) groups is 1. The summed E-state index contributed by atoms with van der Waals surface area (Å²) in [7, 11) is 0. The number of para-hydroxylation sites is 1. The third kappa shape index (κ3) is 4.17. The van der Waals surface area contributed by atoms with Crippen molar-refractivity contribution in [2.24, 2.45) is 0 Å². The second kappa shape index (κ2) is 7.66. The number of nitrogens with one attached hydrogen (secondary N) is 1. The normalized spacial score (nSPS) is 20.8. The quantitative estimate of drug-likeness (QED) is 0.842. The van der Waals surface area contributed by atoms with Gasteiger partial charge in [-0.2, -0.15) is 5.10 Å². The molecule has 0 aliphatic heterocycles. The standard InChI is InChI=1S/C20H25N3O2/c1-14-19(15(2)23(22-14)17-6-4-3-5-7-17)12-13-20(25)21-16-8-10-18(24)11-9-16/h3-7,12-13,16,18,24H,8-11H2,1-2H3,(H,21,25)/b13-12+. The largest absolute Gasteiger partial charge is 0.393 e. The lowest BCUT2D eigenvalue weighted by Crippen LogP contribution is -2.37. The highest BCUT2D eigenvalue weighted by atomic mass is 16.3. The SMILES string of the molecule is Cc1nn(-c2ccccc2)c(C)c1/C=C/C(=O)NC1CCC(O)CC1. The molecular formula is C20H25N3O2. The van der Waals surface area contributed by atoms with Crippen molar-refractivity contribution in [3.05, 3.63) is 53.4 Å². The monoisotopic (exact) mass is 339 g/mol. The molecule has 1 fully saturated rings. The fourth-order valence-electron chi connectivity index (χ4n) is 3.35. The molecule has 1 aliphatic carbocycles. The molecule has 1 aliphatic rings. The molecule has 1 aromatic carbocycles. The average molecular weight is 339 g/mol.